The number of carbonyl (C=O) groups is 1. The van der Waals surface area contributed by atoms with Crippen molar-refractivity contribution in [3.63, 3.8) is 0 Å². The molecule has 1 atom stereocenters. The van der Waals surface area contributed by atoms with Crippen molar-refractivity contribution in [1.82, 2.24) is 14.9 Å². The van der Waals surface area contributed by atoms with Crippen LogP contribution in [0.5, 0.6) is 0 Å². The normalized spacial score (nSPS) is 19.3. The number of carbonyl (C=O) groups excluding carboxylic acids is 1. The van der Waals surface area contributed by atoms with Crippen LogP contribution in [0.3, 0.4) is 0 Å². The van der Waals surface area contributed by atoms with Crippen LogP contribution in [-0.2, 0) is 0 Å². The van der Waals surface area contributed by atoms with Crippen LogP contribution >= 0.6 is 0 Å². The van der Waals surface area contributed by atoms with Crippen LogP contribution in [0.25, 0.3) is 11.0 Å². The molecule has 1 unspecified atom stereocenters. The number of aromatic nitrogens is 2. The molecule has 0 spiro atoms. The maximum atomic E-state index is 13.6. The zero-order chi connectivity index (χ0) is 13.4. The summed E-state index contributed by atoms with van der Waals surface area (Å²) in [5.41, 5.74) is 7.02. The summed E-state index contributed by atoms with van der Waals surface area (Å²) in [6.45, 7) is 1.11. The number of benzene rings is 1. The van der Waals surface area contributed by atoms with Gasteiger partial charge in [0, 0.05) is 19.1 Å². The van der Waals surface area contributed by atoms with E-state index in [1.165, 1.54) is 18.5 Å². The zero-order valence-corrected chi connectivity index (χ0v) is 10.4. The van der Waals surface area contributed by atoms with Gasteiger partial charge in [-0.2, -0.15) is 0 Å². The molecule has 100 valence electrons. The summed E-state index contributed by atoms with van der Waals surface area (Å²) in [6, 6.07) is 2.63. The van der Waals surface area contributed by atoms with Crippen LogP contribution < -0.4 is 5.73 Å². The summed E-state index contributed by atoms with van der Waals surface area (Å²) in [5.74, 6) is -0.631. The molecule has 3 rings (SSSR count). The number of fused-ring (bicyclic) bond motifs is 1. The zero-order valence-electron chi connectivity index (χ0n) is 10.4. The smallest absolute Gasteiger partial charge is 0.256 e. The first-order chi connectivity index (χ1) is 9.20. The molecule has 1 fully saturated rings. The number of rotatable bonds is 2. The first-order valence-corrected chi connectivity index (χ1v) is 6.34. The molecule has 19 heavy (non-hydrogen) atoms. The molecular formula is C13H15FN4O. The molecular weight excluding hydrogens is 247 g/mol. The average molecular weight is 262 g/mol. The van der Waals surface area contributed by atoms with Crippen molar-refractivity contribution in [3.8, 4) is 0 Å². The lowest BCUT2D eigenvalue weighted by molar-refractivity contribution is 0.0742. The molecule has 1 aromatic heterocycles. The van der Waals surface area contributed by atoms with Gasteiger partial charge in [0.05, 0.1) is 17.4 Å². The Bertz CT molecular complexity index is 624. The molecule has 0 aliphatic carbocycles. The van der Waals surface area contributed by atoms with Crippen LogP contribution in [0.4, 0.5) is 4.39 Å². The van der Waals surface area contributed by atoms with E-state index in [1.807, 2.05) is 0 Å². The molecule has 0 radical (unpaired) electrons. The quantitative estimate of drug-likeness (QED) is 0.855. The third kappa shape index (κ3) is 1.98. The number of nitrogens with zero attached hydrogens (tertiary/aromatic N) is 2. The summed E-state index contributed by atoms with van der Waals surface area (Å²) < 4.78 is 13.6. The van der Waals surface area contributed by atoms with Crippen LogP contribution in [0.15, 0.2) is 18.5 Å². The number of halogens is 1. The van der Waals surface area contributed by atoms with Gasteiger partial charge in [-0.15, -0.1) is 0 Å². The van der Waals surface area contributed by atoms with Gasteiger partial charge < -0.3 is 15.6 Å². The van der Waals surface area contributed by atoms with E-state index in [1.54, 1.807) is 4.90 Å². The van der Waals surface area contributed by atoms with Crippen LogP contribution in [0.1, 0.15) is 23.2 Å². The van der Waals surface area contributed by atoms with E-state index >= 15 is 0 Å². The molecule has 5 nitrogen and oxygen atoms in total. The summed E-state index contributed by atoms with van der Waals surface area (Å²) >= 11 is 0. The van der Waals surface area contributed by atoms with E-state index < -0.39 is 5.82 Å². The second kappa shape index (κ2) is 4.62. The number of amides is 1. The molecule has 2 aromatic rings. The van der Waals surface area contributed by atoms with E-state index in [4.69, 9.17) is 5.73 Å². The van der Waals surface area contributed by atoms with Gasteiger partial charge in [0.15, 0.2) is 0 Å². The van der Waals surface area contributed by atoms with Crippen molar-refractivity contribution in [2.75, 3.05) is 13.1 Å². The van der Waals surface area contributed by atoms with Crippen molar-refractivity contribution in [1.29, 1.82) is 0 Å². The van der Waals surface area contributed by atoms with Crippen LogP contribution in [-0.4, -0.2) is 39.9 Å². The monoisotopic (exact) mass is 262 g/mol. The number of nitrogens with one attached hydrogen (secondary N) is 1. The SMILES string of the molecule is NCC1CCCN1C(=O)c1cc(F)cc2[nH]cnc12. The first-order valence-electron chi connectivity index (χ1n) is 6.34. The fraction of sp³-hybridized carbons (Fsp3) is 0.385. The number of aromatic amines is 1. The minimum absolute atomic E-state index is 0.0461. The second-order valence-corrected chi connectivity index (χ2v) is 4.78. The van der Waals surface area contributed by atoms with Gasteiger partial charge in [0.2, 0.25) is 0 Å². The number of likely N-dealkylation sites (tertiary alicyclic amines) is 1. The minimum atomic E-state index is -0.441. The molecule has 0 bridgehead atoms. The summed E-state index contributed by atoms with van der Waals surface area (Å²) in [7, 11) is 0. The Morgan fingerprint density at radius 2 is 2.42 bits per heavy atom. The molecule has 1 saturated heterocycles. The Morgan fingerprint density at radius 3 is 3.21 bits per heavy atom. The van der Waals surface area contributed by atoms with Gasteiger partial charge in [-0.3, -0.25) is 4.79 Å². The van der Waals surface area contributed by atoms with Crippen molar-refractivity contribution < 1.29 is 9.18 Å². The summed E-state index contributed by atoms with van der Waals surface area (Å²) in [5, 5.41) is 0. The lowest BCUT2D eigenvalue weighted by Crippen LogP contribution is -2.40. The molecule has 3 N–H and O–H groups in total. The molecule has 1 aliphatic heterocycles. The van der Waals surface area contributed by atoms with Crippen LogP contribution in [0.2, 0.25) is 0 Å². The Labute approximate surface area is 109 Å². The molecule has 6 heteroatoms. The van der Waals surface area contributed by atoms with Gasteiger partial charge in [0.1, 0.15) is 11.3 Å². The molecule has 2 heterocycles. The molecule has 1 amide bonds. The third-order valence-corrected chi connectivity index (χ3v) is 3.63. The van der Waals surface area contributed by atoms with E-state index in [-0.39, 0.29) is 11.9 Å². The highest BCUT2D eigenvalue weighted by Crippen LogP contribution is 2.23. The third-order valence-electron chi connectivity index (χ3n) is 3.63. The Morgan fingerprint density at radius 1 is 1.58 bits per heavy atom. The summed E-state index contributed by atoms with van der Waals surface area (Å²) in [4.78, 5) is 21.2. The maximum Gasteiger partial charge on any atom is 0.256 e. The maximum absolute atomic E-state index is 13.6. The predicted molar refractivity (Wildman–Crippen MR) is 69.2 cm³/mol. The Balaban J connectivity index is 2.03. The van der Waals surface area contributed by atoms with E-state index in [2.05, 4.69) is 9.97 Å². The van der Waals surface area contributed by atoms with Gasteiger partial charge in [-0.25, -0.2) is 9.37 Å². The van der Waals surface area contributed by atoms with Crippen molar-refractivity contribution in [3.05, 3.63) is 29.8 Å². The van der Waals surface area contributed by atoms with Crippen molar-refractivity contribution in [2.45, 2.75) is 18.9 Å². The highest BCUT2D eigenvalue weighted by molar-refractivity contribution is 6.05. The van der Waals surface area contributed by atoms with Gasteiger partial charge >= 0.3 is 0 Å². The number of H-pyrrole nitrogens is 1. The molecule has 0 saturated carbocycles. The largest absolute Gasteiger partial charge is 0.344 e. The van der Waals surface area contributed by atoms with E-state index in [0.29, 0.717) is 29.7 Å². The minimum Gasteiger partial charge on any atom is -0.344 e. The van der Waals surface area contributed by atoms with Crippen LogP contribution in [0, 0.1) is 5.82 Å². The fourth-order valence-corrected chi connectivity index (χ4v) is 2.68. The summed E-state index contributed by atoms with van der Waals surface area (Å²) in [6.07, 6.45) is 3.30. The van der Waals surface area contributed by atoms with Gasteiger partial charge in [0.25, 0.3) is 5.91 Å². The van der Waals surface area contributed by atoms with Gasteiger partial charge in [-0.1, -0.05) is 0 Å². The van der Waals surface area contributed by atoms with Crippen molar-refractivity contribution in [2.24, 2.45) is 5.73 Å². The number of nitrogens with two attached hydrogens (primary N) is 1. The lowest BCUT2D eigenvalue weighted by atomic mass is 10.1. The van der Waals surface area contributed by atoms with E-state index in [9.17, 15) is 9.18 Å². The van der Waals surface area contributed by atoms with Crippen molar-refractivity contribution >= 4 is 16.9 Å². The lowest BCUT2D eigenvalue weighted by Gasteiger charge is -2.23. The number of hydrogen-bond donors (Lipinski definition) is 2. The molecule has 1 aliphatic rings. The van der Waals surface area contributed by atoms with E-state index in [0.717, 1.165) is 12.8 Å². The number of imidazole rings is 1. The number of hydrogen-bond acceptors (Lipinski definition) is 3. The Hall–Kier alpha value is -1.95. The Kier molecular flexibility index (Phi) is 2.94. The molecule has 1 aromatic carbocycles. The highest BCUT2D eigenvalue weighted by Gasteiger charge is 2.29. The fourth-order valence-electron chi connectivity index (χ4n) is 2.68. The first kappa shape index (κ1) is 12.1. The standard InChI is InChI=1S/C13H15FN4O/c14-8-4-10(12-11(5-8)16-7-17-12)13(19)18-3-1-2-9(18)6-15/h4-5,7,9H,1-3,6,15H2,(H,16,17). The van der Waals surface area contributed by atoms with Gasteiger partial charge in [-0.05, 0) is 25.0 Å². The average Bonchev–Trinajstić information content (AvgIpc) is 3.04. The topological polar surface area (TPSA) is 75.0 Å². The highest BCUT2D eigenvalue weighted by atomic mass is 19.1. The second-order valence-electron chi connectivity index (χ2n) is 4.78. The predicted octanol–water partition coefficient (Wildman–Crippen LogP) is 1.27.